The van der Waals surface area contributed by atoms with E-state index in [9.17, 15) is 13.2 Å². The van der Waals surface area contributed by atoms with Crippen LogP contribution in [0.25, 0.3) is 0 Å². The molecule has 0 amide bonds. The lowest BCUT2D eigenvalue weighted by molar-refractivity contribution is -0.0499. The fourth-order valence-electron chi connectivity index (χ4n) is 2.21. The predicted octanol–water partition coefficient (Wildman–Crippen LogP) is 3.96. The lowest BCUT2D eigenvalue weighted by Gasteiger charge is -2.11. The number of hydrogen-bond donors (Lipinski definition) is 2. The summed E-state index contributed by atoms with van der Waals surface area (Å²) < 4.78 is 44.4. The Balaban J connectivity index is 1.73. The van der Waals surface area contributed by atoms with Gasteiger partial charge >= 0.3 is 6.61 Å². The highest BCUT2D eigenvalue weighted by molar-refractivity contribution is 6.32. The maximum absolute atomic E-state index is 13.9. The van der Waals surface area contributed by atoms with Gasteiger partial charge in [0, 0.05) is 25.4 Å². The zero-order valence-corrected chi connectivity index (χ0v) is 14.7. The van der Waals surface area contributed by atoms with Crippen LogP contribution in [0.4, 0.5) is 30.6 Å². The predicted molar refractivity (Wildman–Crippen MR) is 93.9 cm³/mol. The van der Waals surface area contributed by atoms with Crippen LogP contribution < -0.4 is 15.4 Å². The molecular weight excluding hydrogens is 385 g/mol. The first-order valence-electron chi connectivity index (χ1n) is 7.66. The Morgan fingerprint density at radius 1 is 1.30 bits per heavy atom. The molecule has 0 radical (unpaired) electrons. The van der Waals surface area contributed by atoms with Gasteiger partial charge < -0.3 is 15.4 Å². The molecule has 0 aliphatic rings. The van der Waals surface area contributed by atoms with Crippen LogP contribution in [0.15, 0.2) is 36.8 Å². The second kappa shape index (κ2) is 8.12. The van der Waals surface area contributed by atoms with Gasteiger partial charge in [-0.2, -0.15) is 18.9 Å². The van der Waals surface area contributed by atoms with E-state index in [1.807, 2.05) is 0 Å². The van der Waals surface area contributed by atoms with Crippen molar-refractivity contribution in [2.24, 2.45) is 7.05 Å². The van der Waals surface area contributed by atoms with Gasteiger partial charge in [0.2, 0.25) is 5.95 Å². The fraction of sp³-hybridized carbons (Fsp3) is 0.188. The minimum absolute atomic E-state index is 0.0463. The summed E-state index contributed by atoms with van der Waals surface area (Å²) in [7, 11) is 1.77. The smallest absolute Gasteiger partial charge is 0.387 e. The number of aryl methyl sites for hydroxylation is 1. The molecule has 3 rings (SSSR count). The molecule has 0 spiro atoms. The molecular formula is C16H14ClF3N6O. The lowest BCUT2D eigenvalue weighted by Crippen LogP contribution is -2.07. The van der Waals surface area contributed by atoms with Crippen molar-refractivity contribution in [2.75, 3.05) is 10.6 Å². The summed E-state index contributed by atoms with van der Waals surface area (Å²) in [6.07, 6.45) is 4.70. The number of hydrogen-bond acceptors (Lipinski definition) is 6. The van der Waals surface area contributed by atoms with Crippen LogP contribution in [0.5, 0.6) is 5.75 Å². The Bertz CT molecular complexity index is 936. The Morgan fingerprint density at radius 2 is 2.11 bits per heavy atom. The number of halogens is 4. The molecule has 3 aromatic rings. The molecule has 7 nitrogen and oxygen atoms in total. The number of benzene rings is 1. The molecule has 2 N–H and O–H groups in total. The van der Waals surface area contributed by atoms with Gasteiger partial charge in [0.15, 0.2) is 5.82 Å². The third-order valence-electron chi connectivity index (χ3n) is 3.39. The molecule has 0 atom stereocenters. The van der Waals surface area contributed by atoms with Crippen molar-refractivity contribution >= 4 is 29.1 Å². The maximum Gasteiger partial charge on any atom is 0.387 e. The zero-order chi connectivity index (χ0) is 19.4. The molecule has 0 aliphatic heterocycles. The van der Waals surface area contributed by atoms with Crippen LogP contribution in [0, 0.1) is 5.82 Å². The van der Waals surface area contributed by atoms with E-state index in [0.29, 0.717) is 5.69 Å². The van der Waals surface area contributed by atoms with Crippen molar-refractivity contribution in [2.45, 2.75) is 13.2 Å². The van der Waals surface area contributed by atoms with Crippen LogP contribution in [0.1, 0.15) is 5.56 Å². The highest BCUT2D eigenvalue weighted by atomic mass is 35.5. The number of anilines is 3. The molecule has 0 saturated heterocycles. The average molecular weight is 399 g/mol. The lowest BCUT2D eigenvalue weighted by atomic mass is 10.2. The van der Waals surface area contributed by atoms with E-state index in [2.05, 4.69) is 30.4 Å². The van der Waals surface area contributed by atoms with Gasteiger partial charge in [-0.3, -0.25) is 4.68 Å². The van der Waals surface area contributed by atoms with Crippen LogP contribution in [-0.4, -0.2) is 26.4 Å². The van der Waals surface area contributed by atoms with Gasteiger partial charge in [0.05, 0.1) is 18.1 Å². The highest BCUT2D eigenvalue weighted by Gasteiger charge is 2.11. The van der Waals surface area contributed by atoms with Crippen molar-refractivity contribution in [3.8, 4) is 5.75 Å². The van der Waals surface area contributed by atoms with Crippen molar-refractivity contribution < 1.29 is 17.9 Å². The van der Waals surface area contributed by atoms with Crippen molar-refractivity contribution in [3.05, 3.63) is 53.2 Å². The van der Waals surface area contributed by atoms with E-state index in [4.69, 9.17) is 11.6 Å². The van der Waals surface area contributed by atoms with Crippen LogP contribution >= 0.6 is 11.6 Å². The summed E-state index contributed by atoms with van der Waals surface area (Å²) in [5.74, 6) is -0.221. The fourth-order valence-corrected chi connectivity index (χ4v) is 2.37. The third kappa shape index (κ3) is 5.00. The molecule has 0 unspecified atom stereocenters. The Hall–Kier alpha value is -3.01. The molecule has 142 valence electrons. The largest absolute Gasteiger partial charge is 0.435 e. The number of ether oxygens (including phenoxy) is 1. The van der Waals surface area contributed by atoms with Gasteiger partial charge in [-0.1, -0.05) is 11.6 Å². The summed E-state index contributed by atoms with van der Waals surface area (Å²) in [5, 5.41) is 10.0. The molecule has 2 heterocycles. The Kier molecular flexibility index (Phi) is 5.65. The Labute approximate surface area is 157 Å². The molecule has 1 aromatic carbocycles. The first-order chi connectivity index (χ1) is 12.9. The van der Waals surface area contributed by atoms with E-state index in [0.717, 1.165) is 12.1 Å². The van der Waals surface area contributed by atoms with E-state index in [1.54, 1.807) is 24.1 Å². The second-order valence-electron chi connectivity index (χ2n) is 5.40. The normalized spacial score (nSPS) is 10.9. The molecule has 0 aliphatic carbocycles. The number of aromatic nitrogens is 4. The number of nitrogens with zero attached hydrogens (tertiary/aromatic N) is 4. The molecule has 2 aromatic heterocycles. The molecule has 0 saturated carbocycles. The minimum Gasteiger partial charge on any atom is -0.435 e. The molecule has 0 bridgehead atoms. The summed E-state index contributed by atoms with van der Waals surface area (Å²) >= 11 is 6.06. The van der Waals surface area contributed by atoms with Crippen LogP contribution in [0.3, 0.4) is 0 Å². The van der Waals surface area contributed by atoms with Crippen molar-refractivity contribution in [1.82, 2.24) is 19.7 Å². The summed E-state index contributed by atoms with van der Waals surface area (Å²) in [6.45, 7) is -3.04. The SMILES string of the molecule is Cn1cc(Nc2ncc(Cl)c(NCc3cc(OC(F)F)ccc3F)n2)cn1. The van der Waals surface area contributed by atoms with Gasteiger partial charge in [-0.05, 0) is 18.2 Å². The van der Waals surface area contributed by atoms with Crippen LogP contribution in [-0.2, 0) is 13.6 Å². The molecule has 0 fully saturated rings. The quantitative estimate of drug-likeness (QED) is 0.627. The van der Waals surface area contributed by atoms with Gasteiger partial charge in [-0.25, -0.2) is 9.37 Å². The highest BCUT2D eigenvalue weighted by Crippen LogP contribution is 2.24. The van der Waals surface area contributed by atoms with E-state index in [-0.39, 0.29) is 34.6 Å². The summed E-state index contributed by atoms with van der Waals surface area (Å²) in [6, 6.07) is 3.35. The monoisotopic (exact) mass is 398 g/mol. The van der Waals surface area contributed by atoms with Crippen molar-refractivity contribution in [1.29, 1.82) is 0 Å². The van der Waals surface area contributed by atoms with E-state index in [1.165, 1.54) is 12.3 Å². The first kappa shape index (κ1) is 18.8. The van der Waals surface area contributed by atoms with Crippen molar-refractivity contribution in [3.63, 3.8) is 0 Å². The van der Waals surface area contributed by atoms with Gasteiger partial charge in [0.25, 0.3) is 0 Å². The molecule has 27 heavy (non-hydrogen) atoms. The second-order valence-corrected chi connectivity index (χ2v) is 5.81. The minimum atomic E-state index is -2.99. The number of alkyl halides is 2. The molecule has 11 heteroatoms. The van der Waals surface area contributed by atoms with E-state index < -0.39 is 12.4 Å². The van der Waals surface area contributed by atoms with Gasteiger partial charge in [0.1, 0.15) is 16.6 Å². The van der Waals surface area contributed by atoms with E-state index >= 15 is 0 Å². The third-order valence-corrected chi connectivity index (χ3v) is 3.67. The summed E-state index contributed by atoms with van der Waals surface area (Å²) in [4.78, 5) is 8.27. The zero-order valence-electron chi connectivity index (χ0n) is 14.0. The summed E-state index contributed by atoms with van der Waals surface area (Å²) in [5.41, 5.74) is 0.790. The number of nitrogens with one attached hydrogen (secondary N) is 2. The first-order valence-corrected chi connectivity index (χ1v) is 8.04. The number of rotatable bonds is 7. The van der Waals surface area contributed by atoms with Gasteiger partial charge in [-0.15, -0.1) is 0 Å². The topological polar surface area (TPSA) is 76.9 Å². The maximum atomic E-state index is 13.9. The average Bonchev–Trinajstić information content (AvgIpc) is 3.02. The Morgan fingerprint density at radius 3 is 2.81 bits per heavy atom. The van der Waals surface area contributed by atoms with Crippen LogP contribution in [0.2, 0.25) is 5.02 Å². The standard InChI is InChI=1S/C16H14ClF3N6O/c1-26-8-10(6-23-26)24-16-22-7-12(17)14(25-16)21-5-9-4-11(27-15(19)20)2-3-13(9)18/h2-4,6-8,15H,5H2,1H3,(H2,21,22,24,25).